The van der Waals surface area contributed by atoms with Crippen molar-refractivity contribution in [1.82, 2.24) is 4.90 Å². The number of carboxylic acids is 1. The van der Waals surface area contributed by atoms with Crippen LogP contribution in [0.25, 0.3) is 0 Å². The monoisotopic (exact) mass is 269 g/mol. The van der Waals surface area contributed by atoms with Gasteiger partial charge in [0, 0.05) is 12.6 Å². The summed E-state index contributed by atoms with van der Waals surface area (Å²) in [5.74, 6) is -4.11. The summed E-state index contributed by atoms with van der Waals surface area (Å²) in [6.45, 7) is 5.60. The fraction of sp³-hybridized carbons (Fsp3) is 0.917. The van der Waals surface area contributed by atoms with Crippen LogP contribution in [-0.4, -0.2) is 41.3 Å². The molecule has 6 heteroatoms. The van der Waals surface area contributed by atoms with E-state index in [2.05, 4.69) is 0 Å². The molecule has 0 aliphatic carbocycles. The molecule has 0 amide bonds. The van der Waals surface area contributed by atoms with Gasteiger partial charge in [-0.2, -0.15) is 13.2 Å². The van der Waals surface area contributed by atoms with Crippen molar-refractivity contribution in [2.75, 3.05) is 13.1 Å². The average molecular weight is 269 g/mol. The second-order valence-electron chi connectivity index (χ2n) is 4.73. The Balaban J connectivity index is 4.57. The minimum Gasteiger partial charge on any atom is -0.481 e. The molecule has 0 bridgehead atoms. The Morgan fingerprint density at radius 1 is 1.28 bits per heavy atom. The van der Waals surface area contributed by atoms with Crippen molar-refractivity contribution in [3.05, 3.63) is 0 Å². The first kappa shape index (κ1) is 17.2. The highest BCUT2D eigenvalue weighted by atomic mass is 19.4. The fourth-order valence-electron chi connectivity index (χ4n) is 1.68. The van der Waals surface area contributed by atoms with Crippen molar-refractivity contribution < 1.29 is 23.1 Å². The second kappa shape index (κ2) is 7.61. The van der Waals surface area contributed by atoms with Crippen molar-refractivity contribution >= 4 is 5.97 Å². The van der Waals surface area contributed by atoms with Gasteiger partial charge in [0.2, 0.25) is 0 Å². The molecule has 1 atom stereocenters. The maximum absolute atomic E-state index is 12.6. The molecule has 0 rings (SSSR count). The number of hydrogen-bond donors (Lipinski definition) is 1. The molecule has 1 N–H and O–H groups in total. The van der Waals surface area contributed by atoms with Gasteiger partial charge in [0.05, 0.1) is 0 Å². The highest BCUT2D eigenvalue weighted by Crippen LogP contribution is 2.27. The van der Waals surface area contributed by atoms with Crippen molar-refractivity contribution in [1.29, 1.82) is 0 Å². The van der Waals surface area contributed by atoms with E-state index in [0.29, 0.717) is 6.54 Å². The predicted molar refractivity (Wildman–Crippen MR) is 63.4 cm³/mol. The molecule has 0 saturated heterocycles. The molecule has 0 aromatic heterocycles. The van der Waals surface area contributed by atoms with E-state index in [4.69, 9.17) is 5.11 Å². The maximum Gasteiger partial charge on any atom is 0.403 e. The number of rotatable bonds is 8. The van der Waals surface area contributed by atoms with Crippen LogP contribution in [-0.2, 0) is 4.79 Å². The molecule has 1 unspecified atom stereocenters. The van der Waals surface area contributed by atoms with Crippen LogP contribution in [0.1, 0.15) is 40.0 Å². The molecule has 0 aliphatic rings. The van der Waals surface area contributed by atoms with Crippen LogP contribution < -0.4 is 0 Å². The summed E-state index contributed by atoms with van der Waals surface area (Å²) in [5.41, 5.74) is 0. The maximum atomic E-state index is 12.6. The number of unbranched alkanes of at least 4 members (excludes halogenated alkanes) is 2. The second-order valence-corrected chi connectivity index (χ2v) is 4.73. The molecule has 18 heavy (non-hydrogen) atoms. The standard InChI is InChI=1S/C12H22F3NO2/c1-4-5-6-7-16(9(2)3)8-10(11(17)18)12(13,14)15/h9-10H,4-8H2,1-3H3,(H,17,18). The third kappa shape index (κ3) is 6.23. The summed E-state index contributed by atoms with van der Waals surface area (Å²) in [6, 6.07) is -0.0916. The number of carboxylic acid groups (broad SMARTS) is 1. The van der Waals surface area contributed by atoms with E-state index in [1.54, 1.807) is 18.7 Å². The minimum absolute atomic E-state index is 0.0916. The van der Waals surface area contributed by atoms with Crippen LogP contribution in [0.2, 0.25) is 0 Å². The van der Waals surface area contributed by atoms with Crippen LogP contribution in [0, 0.1) is 5.92 Å². The molecule has 0 aromatic carbocycles. The van der Waals surface area contributed by atoms with Crippen molar-refractivity contribution in [2.45, 2.75) is 52.3 Å². The van der Waals surface area contributed by atoms with Gasteiger partial charge >= 0.3 is 12.1 Å². The average Bonchev–Trinajstić information content (AvgIpc) is 2.20. The summed E-state index contributed by atoms with van der Waals surface area (Å²) in [5, 5.41) is 8.66. The van der Waals surface area contributed by atoms with Gasteiger partial charge in [0.1, 0.15) is 0 Å². The lowest BCUT2D eigenvalue weighted by molar-refractivity contribution is -0.197. The van der Waals surface area contributed by atoms with Crippen LogP contribution >= 0.6 is 0 Å². The van der Waals surface area contributed by atoms with E-state index >= 15 is 0 Å². The zero-order valence-corrected chi connectivity index (χ0v) is 11.1. The SMILES string of the molecule is CCCCCN(CC(C(=O)O)C(F)(F)F)C(C)C. The van der Waals surface area contributed by atoms with Gasteiger partial charge in [-0.05, 0) is 26.8 Å². The fourth-order valence-corrected chi connectivity index (χ4v) is 1.68. The largest absolute Gasteiger partial charge is 0.481 e. The summed E-state index contributed by atoms with van der Waals surface area (Å²) in [7, 11) is 0. The Bertz CT molecular complexity index is 254. The number of hydrogen-bond acceptors (Lipinski definition) is 2. The van der Waals surface area contributed by atoms with Gasteiger partial charge in [-0.3, -0.25) is 9.69 Å². The Morgan fingerprint density at radius 2 is 1.83 bits per heavy atom. The number of nitrogens with zero attached hydrogens (tertiary/aromatic N) is 1. The number of halogens is 3. The lowest BCUT2D eigenvalue weighted by atomic mass is 10.1. The minimum atomic E-state index is -4.69. The van der Waals surface area contributed by atoms with E-state index in [-0.39, 0.29) is 6.04 Å². The molecule has 0 aliphatic heterocycles. The van der Waals surface area contributed by atoms with Gasteiger partial charge in [-0.1, -0.05) is 19.8 Å². The summed E-state index contributed by atoms with van der Waals surface area (Å²) in [4.78, 5) is 12.3. The lowest BCUT2D eigenvalue weighted by Gasteiger charge is -2.29. The molecule has 0 spiro atoms. The number of alkyl halides is 3. The van der Waals surface area contributed by atoms with Gasteiger partial charge in [0.15, 0.2) is 5.92 Å². The summed E-state index contributed by atoms with van der Waals surface area (Å²) < 4.78 is 37.7. The van der Waals surface area contributed by atoms with Crippen LogP contribution in [0.15, 0.2) is 0 Å². The van der Waals surface area contributed by atoms with Gasteiger partial charge in [-0.15, -0.1) is 0 Å². The van der Waals surface area contributed by atoms with Crippen molar-refractivity contribution in [3.8, 4) is 0 Å². The van der Waals surface area contributed by atoms with Gasteiger partial charge < -0.3 is 5.11 Å². The summed E-state index contributed by atoms with van der Waals surface area (Å²) >= 11 is 0. The highest BCUT2D eigenvalue weighted by Gasteiger charge is 2.46. The first-order valence-corrected chi connectivity index (χ1v) is 6.23. The Morgan fingerprint density at radius 3 is 2.17 bits per heavy atom. The molecular formula is C12H22F3NO2. The van der Waals surface area contributed by atoms with Crippen LogP contribution in [0.3, 0.4) is 0 Å². The highest BCUT2D eigenvalue weighted by molar-refractivity contribution is 5.71. The molecule has 0 saturated carbocycles. The summed E-state index contributed by atoms with van der Waals surface area (Å²) in [6.07, 6.45) is -1.98. The first-order chi connectivity index (χ1) is 8.20. The molecule has 0 heterocycles. The molecule has 0 fully saturated rings. The van der Waals surface area contributed by atoms with Crippen LogP contribution in [0.4, 0.5) is 13.2 Å². The van der Waals surface area contributed by atoms with E-state index in [1.165, 1.54) is 0 Å². The Hall–Kier alpha value is -0.780. The molecule has 3 nitrogen and oxygen atoms in total. The normalized spacial score (nSPS) is 14.2. The van der Waals surface area contributed by atoms with E-state index in [1.807, 2.05) is 6.92 Å². The molecular weight excluding hydrogens is 247 g/mol. The quantitative estimate of drug-likeness (QED) is 0.688. The van der Waals surface area contributed by atoms with E-state index in [9.17, 15) is 18.0 Å². The third-order valence-electron chi connectivity index (χ3n) is 2.89. The van der Waals surface area contributed by atoms with Crippen molar-refractivity contribution in [2.24, 2.45) is 5.92 Å². The van der Waals surface area contributed by atoms with E-state index < -0.39 is 24.6 Å². The zero-order chi connectivity index (χ0) is 14.3. The molecule has 108 valence electrons. The van der Waals surface area contributed by atoms with Crippen LogP contribution in [0.5, 0.6) is 0 Å². The van der Waals surface area contributed by atoms with Gasteiger partial charge in [0.25, 0.3) is 0 Å². The molecule has 0 radical (unpaired) electrons. The Labute approximate surface area is 106 Å². The van der Waals surface area contributed by atoms with E-state index in [0.717, 1.165) is 19.3 Å². The predicted octanol–water partition coefficient (Wildman–Crippen LogP) is 3.15. The number of aliphatic carboxylic acids is 1. The first-order valence-electron chi connectivity index (χ1n) is 6.23. The smallest absolute Gasteiger partial charge is 0.403 e. The third-order valence-corrected chi connectivity index (χ3v) is 2.89. The lowest BCUT2D eigenvalue weighted by Crippen LogP contribution is -2.44. The number of carbonyl (C=O) groups is 1. The van der Waals surface area contributed by atoms with Gasteiger partial charge in [-0.25, -0.2) is 0 Å². The van der Waals surface area contributed by atoms with Crippen molar-refractivity contribution in [3.63, 3.8) is 0 Å². The topological polar surface area (TPSA) is 40.5 Å². The molecule has 0 aromatic rings. The zero-order valence-electron chi connectivity index (χ0n) is 11.1. The Kier molecular flexibility index (Phi) is 7.28.